The van der Waals surface area contributed by atoms with E-state index in [0.717, 1.165) is 25.2 Å². The van der Waals surface area contributed by atoms with Crippen molar-refractivity contribution in [3.05, 3.63) is 0 Å². The SMILES string of the molecule is O/N=C1/CCNC1. The van der Waals surface area contributed by atoms with Crippen LogP contribution in [-0.2, 0) is 0 Å². The molecule has 40 valence electrons. The lowest BCUT2D eigenvalue weighted by molar-refractivity contribution is 0.318. The molecule has 2 N–H and O–H groups in total. The molecule has 0 bridgehead atoms. The van der Waals surface area contributed by atoms with Gasteiger partial charge in [0.05, 0.1) is 5.71 Å². The third kappa shape index (κ3) is 0.899. The van der Waals surface area contributed by atoms with Gasteiger partial charge in [-0.25, -0.2) is 0 Å². The molecule has 0 unspecified atom stereocenters. The average Bonchev–Trinajstić information content (AvgIpc) is 2.14. The van der Waals surface area contributed by atoms with E-state index in [9.17, 15) is 0 Å². The van der Waals surface area contributed by atoms with Crippen LogP contribution in [0.3, 0.4) is 0 Å². The molecule has 1 aliphatic heterocycles. The van der Waals surface area contributed by atoms with Gasteiger partial charge in [-0.15, -0.1) is 0 Å². The molecule has 0 spiro atoms. The average molecular weight is 100 g/mol. The molecule has 0 atom stereocenters. The van der Waals surface area contributed by atoms with Gasteiger partial charge in [-0.3, -0.25) is 0 Å². The standard InChI is InChI=1S/C4H8N2O/c7-6-4-1-2-5-3-4/h5,7H,1-3H2/b6-4-. The second kappa shape index (κ2) is 1.93. The van der Waals surface area contributed by atoms with Crippen molar-refractivity contribution in [3.8, 4) is 0 Å². The summed E-state index contributed by atoms with van der Waals surface area (Å²) in [5.74, 6) is 0. The minimum atomic E-state index is 0.760. The Kier molecular flexibility index (Phi) is 1.26. The highest BCUT2D eigenvalue weighted by molar-refractivity contribution is 5.87. The van der Waals surface area contributed by atoms with Crippen LogP contribution in [0.25, 0.3) is 0 Å². The monoisotopic (exact) mass is 100 g/mol. The van der Waals surface area contributed by atoms with Gasteiger partial charge in [-0.2, -0.15) is 0 Å². The summed E-state index contributed by atoms with van der Waals surface area (Å²) in [6.07, 6.45) is 0.899. The molecule has 1 aliphatic rings. The summed E-state index contributed by atoms with van der Waals surface area (Å²) >= 11 is 0. The number of hydrogen-bond acceptors (Lipinski definition) is 3. The van der Waals surface area contributed by atoms with Crippen molar-refractivity contribution in [2.24, 2.45) is 5.16 Å². The minimum absolute atomic E-state index is 0.760. The van der Waals surface area contributed by atoms with Crippen molar-refractivity contribution >= 4 is 5.71 Å². The van der Waals surface area contributed by atoms with Crippen LogP contribution < -0.4 is 5.32 Å². The fourth-order valence-electron chi connectivity index (χ4n) is 0.639. The highest BCUT2D eigenvalue weighted by Gasteiger charge is 2.05. The van der Waals surface area contributed by atoms with E-state index in [1.807, 2.05) is 0 Å². The van der Waals surface area contributed by atoms with E-state index in [-0.39, 0.29) is 0 Å². The topological polar surface area (TPSA) is 44.6 Å². The van der Waals surface area contributed by atoms with Crippen molar-refractivity contribution in [3.63, 3.8) is 0 Å². The molecular formula is C4H8N2O. The maximum atomic E-state index is 8.11. The highest BCUT2D eigenvalue weighted by Crippen LogP contribution is 1.89. The van der Waals surface area contributed by atoms with Gasteiger partial charge in [0.15, 0.2) is 0 Å². The fraction of sp³-hybridized carbons (Fsp3) is 0.750. The summed E-state index contributed by atoms with van der Waals surface area (Å²) in [7, 11) is 0. The van der Waals surface area contributed by atoms with E-state index >= 15 is 0 Å². The quantitative estimate of drug-likeness (QED) is 0.327. The van der Waals surface area contributed by atoms with Crippen LogP contribution in [-0.4, -0.2) is 24.0 Å². The predicted molar refractivity (Wildman–Crippen MR) is 26.7 cm³/mol. The molecule has 3 heteroatoms. The van der Waals surface area contributed by atoms with Gasteiger partial charge in [0.25, 0.3) is 0 Å². The van der Waals surface area contributed by atoms with Crippen molar-refractivity contribution < 1.29 is 5.21 Å². The molecule has 0 aromatic heterocycles. The van der Waals surface area contributed by atoms with Crippen molar-refractivity contribution in [2.75, 3.05) is 13.1 Å². The second-order valence-corrected chi connectivity index (χ2v) is 1.59. The summed E-state index contributed by atoms with van der Waals surface area (Å²) in [6, 6.07) is 0. The molecule has 3 nitrogen and oxygen atoms in total. The van der Waals surface area contributed by atoms with Crippen molar-refractivity contribution in [2.45, 2.75) is 6.42 Å². The molecule has 1 saturated heterocycles. The first kappa shape index (κ1) is 4.59. The van der Waals surface area contributed by atoms with E-state index in [0.29, 0.717) is 0 Å². The minimum Gasteiger partial charge on any atom is -0.411 e. The molecule has 0 radical (unpaired) electrons. The van der Waals surface area contributed by atoms with E-state index in [1.165, 1.54) is 0 Å². The van der Waals surface area contributed by atoms with Crippen LogP contribution in [0.15, 0.2) is 5.16 Å². The Hall–Kier alpha value is -0.570. The highest BCUT2D eigenvalue weighted by atomic mass is 16.4. The largest absolute Gasteiger partial charge is 0.411 e. The Morgan fingerprint density at radius 3 is 2.86 bits per heavy atom. The summed E-state index contributed by atoms with van der Waals surface area (Å²) in [4.78, 5) is 0. The fourth-order valence-corrected chi connectivity index (χ4v) is 0.639. The number of nitrogens with one attached hydrogen (secondary N) is 1. The molecule has 0 aliphatic carbocycles. The summed E-state index contributed by atoms with van der Waals surface area (Å²) in [6.45, 7) is 1.72. The predicted octanol–water partition coefficient (Wildman–Crippen LogP) is -0.190. The molecule has 0 aromatic carbocycles. The van der Waals surface area contributed by atoms with Crippen LogP contribution in [0.1, 0.15) is 6.42 Å². The van der Waals surface area contributed by atoms with Gasteiger partial charge in [0.2, 0.25) is 0 Å². The van der Waals surface area contributed by atoms with Crippen LogP contribution in [0.4, 0.5) is 0 Å². The van der Waals surface area contributed by atoms with Gasteiger partial charge >= 0.3 is 0 Å². The lowest BCUT2D eigenvalue weighted by atomic mass is 10.3. The second-order valence-electron chi connectivity index (χ2n) is 1.59. The van der Waals surface area contributed by atoms with Crippen LogP contribution in [0.2, 0.25) is 0 Å². The number of hydrogen-bond donors (Lipinski definition) is 2. The Morgan fingerprint density at radius 1 is 1.71 bits per heavy atom. The summed E-state index contributed by atoms with van der Waals surface area (Å²) < 4.78 is 0. The van der Waals surface area contributed by atoms with E-state index in [4.69, 9.17) is 5.21 Å². The maximum Gasteiger partial charge on any atom is 0.0720 e. The Morgan fingerprint density at radius 2 is 2.57 bits per heavy atom. The molecule has 0 amide bonds. The zero-order valence-electron chi connectivity index (χ0n) is 4.02. The van der Waals surface area contributed by atoms with Gasteiger partial charge in [0, 0.05) is 19.5 Å². The molecule has 1 heterocycles. The van der Waals surface area contributed by atoms with E-state index in [1.54, 1.807) is 0 Å². The Labute approximate surface area is 42.0 Å². The molecule has 1 rings (SSSR count). The number of rotatable bonds is 0. The van der Waals surface area contributed by atoms with Gasteiger partial charge in [-0.05, 0) is 0 Å². The third-order valence-electron chi connectivity index (χ3n) is 1.06. The Balaban J connectivity index is 2.41. The molecule has 0 aromatic rings. The van der Waals surface area contributed by atoms with Crippen molar-refractivity contribution in [1.29, 1.82) is 0 Å². The summed E-state index contributed by atoms with van der Waals surface area (Å²) in [5, 5.41) is 14.2. The van der Waals surface area contributed by atoms with Gasteiger partial charge < -0.3 is 10.5 Å². The number of nitrogens with zero attached hydrogens (tertiary/aromatic N) is 1. The molecule has 0 saturated carbocycles. The lowest BCUT2D eigenvalue weighted by Gasteiger charge is -1.81. The van der Waals surface area contributed by atoms with Gasteiger partial charge in [-0.1, -0.05) is 5.16 Å². The smallest absolute Gasteiger partial charge is 0.0720 e. The van der Waals surface area contributed by atoms with E-state index < -0.39 is 0 Å². The van der Waals surface area contributed by atoms with Crippen molar-refractivity contribution in [1.82, 2.24) is 5.32 Å². The first-order chi connectivity index (χ1) is 3.43. The summed E-state index contributed by atoms with van der Waals surface area (Å²) in [5.41, 5.74) is 0.861. The first-order valence-corrected chi connectivity index (χ1v) is 2.34. The van der Waals surface area contributed by atoms with Crippen LogP contribution in [0, 0.1) is 0 Å². The molecule has 7 heavy (non-hydrogen) atoms. The van der Waals surface area contributed by atoms with Crippen LogP contribution in [0.5, 0.6) is 0 Å². The van der Waals surface area contributed by atoms with E-state index in [2.05, 4.69) is 10.5 Å². The normalized spacial score (nSPS) is 26.6. The molecule has 1 fully saturated rings. The number of oxime groups is 1. The Bertz CT molecular complexity index is 81.7. The lowest BCUT2D eigenvalue weighted by Crippen LogP contribution is -2.07. The molecular weight excluding hydrogens is 92.1 g/mol. The first-order valence-electron chi connectivity index (χ1n) is 2.34. The van der Waals surface area contributed by atoms with Crippen LogP contribution >= 0.6 is 0 Å². The zero-order valence-corrected chi connectivity index (χ0v) is 4.02. The zero-order chi connectivity index (χ0) is 5.11. The maximum absolute atomic E-state index is 8.11. The van der Waals surface area contributed by atoms with Gasteiger partial charge in [0.1, 0.15) is 0 Å². The third-order valence-corrected chi connectivity index (χ3v) is 1.06.